The fourth-order valence-corrected chi connectivity index (χ4v) is 6.09. The molecule has 0 N–H and O–H groups in total. The van der Waals surface area contributed by atoms with Gasteiger partial charge in [-0.3, -0.25) is 9.59 Å². The van der Waals surface area contributed by atoms with Crippen molar-refractivity contribution < 1.29 is 23.8 Å². The predicted octanol–water partition coefficient (Wildman–Crippen LogP) is 8.55. The molecule has 0 aliphatic heterocycles. The molecule has 0 atom stereocenters. The number of carbonyl (C=O) groups is 2. The molecule has 2 amide bonds. The van der Waals surface area contributed by atoms with Crippen LogP contribution in [0.15, 0.2) is 134 Å². The maximum atomic E-state index is 15.0. The molecule has 6 aromatic carbocycles. The molecule has 7 rings (SSSR count). The third-order valence-electron chi connectivity index (χ3n) is 8.68. The minimum Gasteiger partial charge on any atom is -0.497 e. The summed E-state index contributed by atoms with van der Waals surface area (Å²) in [6.45, 7) is 0. The molecule has 0 aliphatic carbocycles. The summed E-state index contributed by atoms with van der Waals surface area (Å²) < 4.78 is 16.2. The van der Waals surface area contributed by atoms with Gasteiger partial charge >= 0.3 is 0 Å². The van der Waals surface area contributed by atoms with E-state index in [1.807, 2.05) is 91.0 Å². The van der Waals surface area contributed by atoms with E-state index in [-0.39, 0.29) is 5.82 Å². The Labute approximate surface area is 289 Å². The molecule has 1 heterocycles. The van der Waals surface area contributed by atoms with E-state index < -0.39 is 11.8 Å². The highest BCUT2D eigenvalue weighted by atomic mass is 16.5. The molecule has 50 heavy (non-hydrogen) atoms. The lowest BCUT2D eigenvalue weighted by Crippen LogP contribution is -2.39. The molecule has 0 spiro atoms. The summed E-state index contributed by atoms with van der Waals surface area (Å²) >= 11 is 0. The highest BCUT2D eigenvalue weighted by molar-refractivity contribution is 6.30. The highest BCUT2D eigenvalue weighted by Gasteiger charge is 2.32. The van der Waals surface area contributed by atoms with Crippen LogP contribution in [0.4, 0.5) is 5.82 Å². The molecule has 0 unspecified atom stereocenters. The van der Waals surface area contributed by atoms with Crippen LogP contribution in [-0.4, -0.2) is 43.1 Å². The molecule has 0 fully saturated rings. The van der Waals surface area contributed by atoms with Crippen molar-refractivity contribution in [3.05, 3.63) is 156 Å². The number of ether oxygens (including phenoxy) is 3. The molecule has 0 aliphatic rings. The van der Waals surface area contributed by atoms with E-state index in [1.165, 1.54) is 4.90 Å². The number of benzene rings is 6. The van der Waals surface area contributed by atoms with E-state index in [9.17, 15) is 9.59 Å². The number of hydrogen-bond donors (Lipinski definition) is 0. The molecule has 0 saturated carbocycles. The van der Waals surface area contributed by atoms with Crippen LogP contribution >= 0.6 is 0 Å². The molecule has 8 nitrogen and oxygen atoms in total. The number of fused-ring (bicyclic) bond motifs is 2. The van der Waals surface area contributed by atoms with E-state index in [0.717, 1.165) is 21.9 Å². The van der Waals surface area contributed by atoms with Gasteiger partial charge in [0, 0.05) is 23.1 Å². The molecule has 0 radical (unpaired) electrons. The van der Waals surface area contributed by atoms with Gasteiger partial charge in [0.1, 0.15) is 17.2 Å². The number of aromatic nitrogens is 2. The lowest BCUT2D eigenvalue weighted by atomic mass is 10.0. The van der Waals surface area contributed by atoms with Crippen LogP contribution in [0.5, 0.6) is 17.2 Å². The largest absolute Gasteiger partial charge is 0.497 e. The molecular weight excluding hydrogens is 626 g/mol. The number of anilines is 1. The third kappa shape index (κ3) is 6.22. The average Bonchev–Trinajstić information content (AvgIpc) is 3.17. The summed E-state index contributed by atoms with van der Waals surface area (Å²) in [6.07, 6.45) is 1.92. The number of carbonyl (C=O) groups excluding carboxylic acids is 2. The second kappa shape index (κ2) is 13.9. The normalized spacial score (nSPS) is 10.9. The first-order chi connectivity index (χ1) is 24.5. The van der Waals surface area contributed by atoms with Crippen molar-refractivity contribution in [3.63, 3.8) is 0 Å². The van der Waals surface area contributed by atoms with Crippen molar-refractivity contribution in [2.24, 2.45) is 0 Å². The van der Waals surface area contributed by atoms with Gasteiger partial charge in [-0.2, -0.15) is 0 Å². The number of amides is 2. The zero-order valence-corrected chi connectivity index (χ0v) is 27.8. The van der Waals surface area contributed by atoms with Crippen molar-refractivity contribution in [1.29, 1.82) is 0 Å². The average molecular weight is 660 g/mol. The Hall–Kier alpha value is -6.54. The number of rotatable bonds is 9. The molecule has 0 saturated heterocycles. The third-order valence-corrected chi connectivity index (χ3v) is 8.68. The molecule has 246 valence electrons. The van der Waals surface area contributed by atoms with Crippen molar-refractivity contribution in [3.8, 4) is 28.5 Å². The Balaban J connectivity index is 1.44. The summed E-state index contributed by atoms with van der Waals surface area (Å²) in [7, 11) is 4.81. The first-order valence-electron chi connectivity index (χ1n) is 16.0. The van der Waals surface area contributed by atoms with Gasteiger partial charge in [0.2, 0.25) is 0 Å². The van der Waals surface area contributed by atoms with Crippen molar-refractivity contribution in [1.82, 2.24) is 9.97 Å². The Bertz CT molecular complexity index is 2260. The summed E-state index contributed by atoms with van der Waals surface area (Å²) in [4.78, 5) is 41.0. The van der Waals surface area contributed by atoms with Gasteiger partial charge in [-0.05, 0) is 99.9 Å². The molecular formula is C42H33N3O5. The van der Waals surface area contributed by atoms with Gasteiger partial charge in [0.15, 0.2) is 5.82 Å². The smallest absolute Gasteiger partial charge is 0.267 e. The SMILES string of the molecule is COc1ccc(-c2cnc(N(C(=O)c3cccc4cc(OC)ccc34)C(=O)c3cccc4cc(OC)ccc34)c(Cc3ccccc3)n2)cc1. The summed E-state index contributed by atoms with van der Waals surface area (Å²) in [6, 6.07) is 39.1. The van der Waals surface area contributed by atoms with Crippen molar-refractivity contribution >= 4 is 39.2 Å². The summed E-state index contributed by atoms with van der Waals surface area (Å²) in [5.74, 6) is 1.12. The van der Waals surface area contributed by atoms with Crippen LogP contribution in [0.1, 0.15) is 32.0 Å². The van der Waals surface area contributed by atoms with Crippen LogP contribution in [0, 0.1) is 0 Å². The Kier molecular flexibility index (Phi) is 8.90. The second-order valence-corrected chi connectivity index (χ2v) is 11.6. The minimum absolute atomic E-state index is 0.150. The summed E-state index contributed by atoms with van der Waals surface area (Å²) in [5, 5.41) is 2.94. The molecule has 7 aromatic rings. The Morgan fingerprint density at radius 3 is 1.68 bits per heavy atom. The standard InChI is InChI=1S/C42H33N3O5/c1-48-31-17-15-28(16-18-31)39-26-43-40(38(44-39)23-27-9-5-4-6-10-27)45(41(46)36-13-7-11-29-24-32(49-2)19-21-34(29)36)42(47)37-14-8-12-30-25-33(50-3)20-22-35(30)37/h4-22,24-26H,23H2,1-3H3. The van der Waals surface area contributed by atoms with Crippen LogP contribution in [-0.2, 0) is 6.42 Å². The summed E-state index contributed by atoms with van der Waals surface area (Å²) in [5.41, 5.74) is 3.50. The van der Waals surface area contributed by atoms with Crippen molar-refractivity contribution in [2.75, 3.05) is 26.2 Å². The lowest BCUT2D eigenvalue weighted by molar-refractivity contribution is 0.0897. The zero-order chi connectivity index (χ0) is 34.6. The fraction of sp³-hybridized carbons (Fsp3) is 0.0952. The maximum Gasteiger partial charge on any atom is 0.267 e. The minimum atomic E-state index is -0.530. The maximum absolute atomic E-state index is 15.0. The first kappa shape index (κ1) is 32.0. The Morgan fingerprint density at radius 1 is 0.600 bits per heavy atom. The van der Waals surface area contributed by atoms with Crippen LogP contribution in [0.3, 0.4) is 0 Å². The first-order valence-corrected chi connectivity index (χ1v) is 16.0. The number of hydrogen-bond acceptors (Lipinski definition) is 7. The molecule has 1 aromatic heterocycles. The molecule has 8 heteroatoms. The highest BCUT2D eigenvalue weighted by Crippen LogP contribution is 2.32. The van der Waals surface area contributed by atoms with E-state index in [2.05, 4.69) is 0 Å². The number of methoxy groups -OCH3 is 3. The van der Waals surface area contributed by atoms with Gasteiger partial charge in [-0.1, -0.05) is 54.6 Å². The van der Waals surface area contributed by atoms with Crippen molar-refractivity contribution in [2.45, 2.75) is 6.42 Å². The topological polar surface area (TPSA) is 90.8 Å². The zero-order valence-electron chi connectivity index (χ0n) is 27.8. The van der Waals surface area contributed by atoms with E-state index in [1.54, 1.807) is 63.9 Å². The second-order valence-electron chi connectivity index (χ2n) is 11.6. The van der Waals surface area contributed by atoms with Crippen LogP contribution in [0.2, 0.25) is 0 Å². The van der Waals surface area contributed by atoms with Gasteiger partial charge in [0.05, 0.1) is 38.9 Å². The van der Waals surface area contributed by atoms with E-state index >= 15 is 0 Å². The molecule has 0 bridgehead atoms. The van der Waals surface area contributed by atoms with Gasteiger partial charge in [0.25, 0.3) is 11.8 Å². The fourth-order valence-electron chi connectivity index (χ4n) is 6.09. The quantitative estimate of drug-likeness (QED) is 0.143. The van der Waals surface area contributed by atoms with Crippen LogP contribution < -0.4 is 19.1 Å². The van der Waals surface area contributed by atoms with Crippen LogP contribution in [0.25, 0.3) is 32.8 Å². The Morgan fingerprint density at radius 2 is 1.14 bits per heavy atom. The lowest BCUT2D eigenvalue weighted by Gasteiger charge is -2.24. The van der Waals surface area contributed by atoms with E-state index in [4.69, 9.17) is 24.2 Å². The van der Waals surface area contributed by atoms with Gasteiger partial charge in [-0.15, -0.1) is 0 Å². The number of imide groups is 1. The van der Waals surface area contributed by atoms with Gasteiger partial charge in [-0.25, -0.2) is 14.9 Å². The monoisotopic (exact) mass is 659 g/mol. The van der Waals surface area contributed by atoms with E-state index in [0.29, 0.717) is 57.0 Å². The number of nitrogens with zero attached hydrogens (tertiary/aromatic N) is 3. The van der Waals surface area contributed by atoms with Gasteiger partial charge < -0.3 is 14.2 Å². The predicted molar refractivity (Wildman–Crippen MR) is 195 cm³/mol.